The Morgan fingerprint density at radius 1 is 1.00 bits per heavy atom. The minimum absolute atomic E-state index is 0.112. The maximum Gasteiger partial charge on any atom is 0.155 e. The standard InChI is InChI=1S/C7H4BrClO2.C6H4BrClO/c8-5-1-2-6(9)4(3-10)7(5)11;7-5-2-1-4(8)3-6(5)9/h1-3,11H;1-3,9H. The molecule has 0 saturated heterocycles. The van der Waals surface area contributed by atoms with E-state index >= 15 is 0 Å². The number of carbonyl (C=O) groups excluding carboxylic acids is 1. The Hall–Kier alpha value is -0.750. The first-order valence-corrected chi connectivity index (χ1v) is 7.47. The molecule has 0 aliphatic carbocycles. The third kappa shape index (κ3) is 4.66. The quantitative estimate of drug-likeness (QED) is 0.579. The minimum Gasteiger partial charge on any atom is -0.507 e. The number of hydrogen-bond donors (Lipinski definition) is 2. The van der Waals surface area contributed by atoms with Gasteiger partial charge in [0.1, 0.15) is 11.5 Å². The first-order chi connectivity index (χ1) is 9.36. The highest BCUT2D eigenvalue weighted by molar-refractivity contribution is 9.10. The monoisotopic (exact) mass is 440 g/mol. The van der Waals surface area contributed by atoms with E-state index in [0.717, 1.165) is 0 Å². The summed E-state index contributed by atoms with van der Waals surface area (Å²) in [7, 11) is 0. The van der Waals surface area contributed by atoms with E-state index in [9.17, 15) is 9.90 Å². The van der Waals surface area contributed by atoms with Crippen molar-refractivity contribution in [2.24, 2.45) is 0 Å². The van der Waals surface area contributed by atoms with Crippen LogP contribution in [0.15, 0.2) is 39.3 Å². The average Bonchev–Trinajstić information content (AvgIpc) is 2.40. The van der Waals surface area contributed by atoms with Crippen molar-refractivity contribution in [1.29, 1.82) is 0 Å². The van der Waals surface area contributed by atoms with Crippen LogP contribution in [0.4, 0.5) is 0 Å². The SMILES string of the molecule is O=Cc1c(Cl)ccc(Br)c1O.Oc1cc(Cl)ccc1Br. The number of carbonyl (C=O) groups is 1. The average molecular weight is 443 g/mol. The Morgan fingerprint density at radius 2 is 1.60 bits per heavy atom. The molecule has 0 aliphatic rings. The van der Waals surface area contributed by atoms with Crippen molar-refractivity contribution in [1.82, 2.24) is 0 Å². The summed E-state index contributed by atoms with van der Waals surface area (Å²) in [6, 6.07) is 7.98. The van der Waals surface area contributed by atoms with E-state index in [4.69, 9.17) is 28.3 Å². The number of rotatable bonds is 1. The summed E-state index contributed by atoms with van der Waals surface area (Å²) >= 11 is 17.3. The Balaban J connectivity index is 0.000000204. The fourth-order valence-corrected chi connectivity index (χ4v) is 2.11. The van der Waals surface area contributed by atoms with Gasteiger partial charge in [0.2, 0.25) is 0 Å². The lowest BCUT2D eigenvalue weighted by atomic mass is 10.2. The first kappa shape index (κ1) is 17.3. The van der Waals surface area contributed by atoms with Gasteiger partial charge in [0.25, 0.3) is 0 Å². The van der Waals surface area contributed by atoms with Crippen molar-refractivity contribution in [3.8, 4) is 11.5 Å². The van der Waals surface area contributed by atoms with E-state index in [1.54, 1.807) is 18.2 Å². The van der Waals surface area contributed by atoms with Gasteiger partial charge in [0.15, 0.2) is 6.29 Å². The fourth-order valence-electron chi connectivity index (χ4n) is 1.15. The number of hydrogen-bond acceptors (Lipinski definition) is 3. The molecule has 3 nitrogen and oxygen atoms in total. The molecule has 0 fully saturated rings. The first-order valence-electron chi connectivity index (χ1n) is 5.13. The Morgan fingerprint density at radius 3 is 2.05 bits per heavy atom. The van der Waals surface area contributed by atoms with E-state index in [1.165, 1.54) is 12.1 Å². The largest absolute Gasteiger partial charge is 0.507 e. The molecule has 0 unspecified atom stereocenters. The maximum atomic E-state index is 10.3. The summed E-state index contributed by atoms with van der Waals surface area (Å²) in [5, 5.41) is 19.0. The molecule has 7 heteroatoms. The van der Waals surface area contributed by atoms with E-state index in [1.807, 2.05) is 0 Å². The lowest BCUT2D eigenvalue weighted by molar-refractivity contribution is 0.112. The van der Waals surface area contributed by atoms with Crippen molar-refractivity contribution in [2.75, 3.05) is 0 Å². The molecule has 0 radical (unpaired) electrons. The van der Waals surface area contributed by atoms with Gasteiger partial charge in [-0.1, -0.05) is 23.2 Å². The second-order valence-electron chi connectivity index (χ2n) is 3.51. The molecule has 2 rings (SSSR count). The van der Waals surface area contributed by atoms with Gasteiger partial charge in [-0.15, -0.1) is 0 Å². The van der Waals surface area contributed by atoms with Crippen LogP contribution >= 0.6 is 55.1 Å². The summed E-state index contributed by atoms with van der Waals surface area (Å²) in [6.45, 7) is 0. The Labute approximate surface area is 142 Å². The summed E-state index contributed by atoms with van der Waals surface area (Å²) < 4.78 is 1.12. The van der Waals surface area contributed by atoms with Crippen LogP contribution in [0.2, 0.25) is 10.0 Å². The molecule has 0 heterocycles. The minimum atomic E-state index is -0.118. The third-order valence-electron chi connectivity index (χ3n) is 2.14. The van der Waals surface area contributed by atoms with Gasteiger partial charge in [-0.25, -0.2) is 0 Å². The van der Waals surface area contributed by atoms with Crippen LogP contribution in [0.1, 0.15) is 10.4 Å². The molecule has 0 aromatic heterocycles. The van der Waals surface area contributed by atoms with Crippen molar-refractivity contribution in [3.63, 3.8) is 0 Å². The number of phenols is 2. The summed E-state index contributed by atoms with van der Waals surface area (Å²) in [6.07, 6.45) is 0.516. The maximum absolute atomic E-state index is 10.3. The van der Waals surface area contributed by atoms with Crippen LogP contribution in [-0.4, -0.2) is 16.5 Å². The van der Waals surface area contributed by atoms with Crippen LogP contribution in [0.25, 0.3) is 0 Å². The highest BCUT2D eigenvalue weighted by Gasteiger charge is 2.07. The number of phenolic OH excluding ortho intramolecular Hbond substituents is 2. The molecule has 0 atom stereocenters. The molecule has 2 N–H and O–H groups in total. The van der Waals surface area contributed by atoms with Crippen LogP contribution in [0.3, 0.4) is 0 Å². The molecule has 20 heavy (non-hydrogen) atoms. The van der Waals surface area contributed by atoms with Crippen LogP contribution in [0, 0.1) is 0 Å². The summed E-state index contributed by atoms with van der Waals surface area (Å²) in [5.41, 5.74) is 0.112. The van der Waals surface area contributed by atoms with Crippen LogP contribution < -0.4 is 0 Å². The summed E-state index contributed by atoms with van der Waals surface area (Å²) in [5.74, 6) is 0.0509. The molecule has 2 aromatic rings. The zero-order chi connectivity index (χ0) is 15.3. The normalized spacial score (nSPS) is 9.60. The van der Waals surface area contributed by atoms with Gasteiger partial charge in [0, 0.05) is 5.02 Å². The number of benzene rings is 2. The predicted octanol–water partition coefficient (Wildman–Crippen LogP) is 5.43. The number of aromatic hydroxyl groups is 2. The van der Waals surface area contributed by atoms with E-state index in [-0.39, 0.29) is 22.1 Å². The van der Waals surface area contributed by atoms with E-state index in [2.05, 4.69) is 31.9 Å². The lowest BCUT2D eigenvalue weighted by Gasteiger charge is -2.00. The van der Waals surface area contributed by atoms with E-state index < -0.39 is 0 Å². The number of halogens is 4. The third-order valence-corrected chi connectivity index (χ3v) is 4.02. The lowest BCUT2D eigenvalue weighted by Crippen LogP contribution is -1.83. The molecule has 0 saturated carbocycles. The van der Waals surface area contributed by atoms with Gasteiger partial charge in [0.05, 0.1) is 19.5 Å². The van der Waals surface area contributed by atoms with Gasteiger partial charge in [-0.05, 0) is 62.2 Å². The van der Waals surface area contributed by atoms with Gasteiger partial charge >= 0.3 is 0 Å². The molecule has 0 bridgehead atoms. The van der Waals surface area contributed by atoms with E-state index in [0.29, 0.717) is 20.3 Å². The smallest absolute Gasteiger partial charge is 0.155 e. The van der Waals surface area contributed by atoms with Crippen molar-refractivity contribution in [2.45, 2.75) is 0 Å². The van der Waals surface area contributed by atoms with Crippen molar-refractivity contribution in [3.05, 3.63) is 54.9 Å². The fraction of sp³-hybridized carbons (Fsp3) is 0. The predicted molar refractivity (Wildman–Crippen MR) is 87.0 cm³/mol. The Kier molecular flexibility index (Phi) is 6.82. The molecule has 0 amide bonds. The number of aldehydes is 1. The van der Waals surface area contributed by atoms with Gasteiger partial charge in [-0.2, -0.15) is 0 Å². The molecule has 0 aliphatic heterocycles. The zero-order valence-electron chi connectivity index (χ0n) is 9.78. The van der Waals surface area contributed by atoms with Crippen LogP contribution in [0.5, 0.6) is 11.5 Å². The molecule has 0 spiro atoms. The highest BCUT2D eigenvalue weighted by Crippen LogP contribution is 2.31. The molecular formula is C13H8Br2Cl2O3. The molecule has 106 valence electrons. The van der Waals surface area contributed by atoms with Crippen LogP contribution in [-0.2, 0) is 0 Å². The van der Waals surface area contributed by atoms with Crippen molar-refractivity contribution >= 4 is 61.3 Å². The zero-order valence-corrected chi connectivity index (χ0v) is 14.5. The van der Waals surface area contributed by atoms with Gasteiger partial charge in [-0.3, -0.25) is 4.79 Å². The molecule has 2 aromatic carbocycles. The summed E-state index contributed by atoms with van der Waals surface area (Å²) in [4.78, 5) is 10.3. The highest BCUT2D eigenvalue weighted by atomic mass is 79.9. The second-order valence-corrected chi connectivity index (χ2v) is 6.06. The van der Waals surface area contributed by atoms with Crippen molar-refractivity contribution < 1.29 is 15.0 Å². The Bertz CT molecular complexity index is 633. The molecular weight excluding hydrogens is 435 g/mol. The van der Waals surface area contributed by atoms with Gasteiger partial charge < -0.3 is 10.2 Å². The second kappa shape index (κ2) is 7.88. The topological polar surface area (TPSA) is 57.5 Å².